The molecule has 1 aromatic heterocycles. The van der Waals surface area contributed by atoms with Crippen LogP contribution in [0.1, 0.15) is 36.9 Å². The third-order valence-corrected chi connectivity index (χ3v) is 5.56. The van der Waals surface area contributed by atoms with Gasteiger partial charge in [-0.2, -0.15) is 0 Å². The molecule has 0 unspecified atom stereocenters. The highest BCUT2D eigenvalue weighted by Gasteiger charge is 2.48. The van der Waals surface area contributed by atoms with Crippen molar-refractivity contribution in [2.45, 2.75) is 39.5 Å². The van der Waals surface area contributed by atoms with Crippen molar-refractivity contribution in [3.63, 3.8) is 0 Å². The number of methoxy groups -OCH3 is 1. The molecule has 2 fully saturated rings. The number of amides is 1. The zero-order chi connectivity index (χ0) is 17.2. The second-order valence-corrected chi connectivity index (χ2v) is 7.10. The number of rotatable bonds is 5. The van der Waals surface area contributed by atoms with Crippen molar-refractivity contribution in [1.29, 1.82) is 0 Å². The first-order valence-corrected chi connectivity index (χ1v) is 8.89. The molecular weight excluding hydrogens is 304 g/mol. The summed E-state index contributed by atoms with van der Waals surface area (Å²) < 4.78 is 5.12. The molecule has 6 nitrogen and oxygen atoms in total. The van der Waals surface area contributed by atoms with Crippen LogP contribution in [-0.4, -0.2) is 60.7 Å². The second kappa shape index (κ2) is 7.05. The second-order valence-electron chi connectivity index (χ2n) is 7.10. The van der Waals surface area contributed by atoms with Gasteiger partial charge >= 0.3 is 0 Å². The van der Waals surface area contributed by atoms with Gasteiger partial charge in [0.1, 0.15) is 12.1 Å². The third-order valence-electron chi connectivity index (χ3n) is 5.56. The molecule has 1 aromatic rings. The predicted molar refractivity (Wildman–Crippen MR) is 93.1 cm³/mol. The van der Waals surface area contributed by atoms with Crippen LogP contribution in [0.3, 0.4) is 0 Å². The van der Waals surface area contributed by atoms with E-state index < -0.39 is 0 Å². The monoisotopic (exact) mass is 332 g/mol. The maximum Gasteiger partial charge on any atom is 0.230 e. The molecular formula is C18H28N4O2. The Morgan fingerprint density at radius 3 is 2.88 bits per heavy atom. The van der Waals surface area contributed by atoms with Crippen LogP contribution < -0.4 is 4.90 Å². The largest absolute Gasteiger partial charge is 0.385 e. The smallest absolute Gasteiger partial charge is 0.230 e. The maximum atomic E-state index is 13.1. The molecule has 0 radical (unpaired) electrons. The summed E-state index contributed by atoms with van der Waals surface area (Å²) in [6.07, 6.45) is 5.55. The Morgan fingerprint density at radius 2 is 2.08 bits per heavy atom. The van der Waals surface area contributed by atoms with E-state index in [0.29, 0.717) is 12.5 Å². The highest BCUT2D eigenvalue weighted by Crippen LogP contribution is 2.41. The van der Waals surface area contributed by atoms with Gasteiger partial charge in [0.15, 0.2) is 0 Å². The average molecular weight is 332 g/mol. The van der Waals surface area contributed by atoms with Gasteiger partial charge in [0.2, 0.25) is 5.91 Å². The van der Waals surface area contributed by atoms with Gasteiger partial charge in [-0.3, -0.25) is 4.79 Å². The summed E-state index contributed by atoms with van der Waals surface area (Å²) in [5.74, 6) is 1.32. The molecule has 0 saturated carbocycles. The Labute approximate surface area is 144 Å². The summed E-state index contributed by atoms with van der Waals surface area (Å²) in [7, 11) is 1.71. The van der Waals surface area contributed by atoms with Crippen molar-refractivity contribution in [1.82, 2.24) is 14.9 Å². The average Bonchev–Trinajstić information content (AvgIpc) is 2.99. The van der Waals surface area contributed by atoms with Crippen LogP contribution >= 0.6 is 0 Å². The fraction of sp³-hybridized carbons (Fsp3) is 0.722. The van der Waals surface area contributed by atoms with Crippen LogP contribution in [0.4, 0.5) is 5.82 Å². The Hall–Kier alpha value is -1.69. The lowest BCUT2D eigenvalue weighted by Gasteiger charge is -2.39. The number of nitrogens with zero attached hydrogens (tertiary/aromatic N) is 4. The van der Waals surface area contributed by atoms with Crippen LogP contribution in [0.25, 0.3) is 0 Å². The van der Waals surface area contributed by atoms with Crippen molar-refractivity contribution in [2.24, 2.45) is 5.41 Å². The molecule has 24 heavy (non-hydrogen) atoms. The zero-order valence-electron chi connectivity index (χ0n) is 15.0. The third kappa shape index (κ3) is 3.11. The van der Waals surface area contributed by atoms with Crippen LogP contribution in [0.5, 0.6) is 0 Å². The molecule has 6 heteroatoms. The summed E-state index contributed by atoms with van der Waals surface area (Å²) in [5.41, 5.74) is 1.91. The number of piperidine rings is 1. The molecule has 0 aliphatic carbocycles. The van der Waals surface area contributed by atoms with Crippen LogP contribution in [0, 0.1) is 19.3 Å². The lowest BCUT2D eigenvalue weighted by atomic mass is 9.78. The summed E-state index contributed by atoms with van der Waals surface area (Å²) in [4.78, 5) is 26.2. The number of aryl methyl sites for hydroxylation is 1. The highest BCUT2D eigenvalue weighted by atomic mass is 16.5. The number of likely N-dealkylation sites (tertiary alicyclic amines) is 1. The predicted octanol–water partition coefficient (Wildman–Crippen LogP) is 1.95. The van der Waals surface area contributed by atoms with E-state index >= 15 is 0 Å². The van der Waals surface area contributed by atoms with Crippen molar-refractivity contribution in [3.05, 3.63) is 17.6 Å². The molecule has 132 valence electrons. The molecule has 0 bridgehead atoms. The molecule has 1 atom stereocenters. The van der Waals surface area contributed by atoms with Crippen molar-refractivity contribution >= 4 is 11.7 Å². The topological polar surface area (TPSA) is 58.6 Å². The summed E-state index contributed by atoms with van der Waals surface area (Å²) in [6.45, 7) is 8.15. The number of aromatic nitrogens is 2. The summed E-state index contributed by atoms with van der Waals surface area (Å²) in [5, 5.41) is 0. The molecule has 1 spiro atoms. The molecule has 0 N–H and O–H groups in total. The number of hydrogen-bond donors (Lipinski definition) is 0. The molecule has 2 saturated heterocycles. The lowest BCUT2D eigenvalue weighted by Crippen LogP contribution is -2.50. The van der Waals surface area contributed by atoms with E-state index in [4.69, 9.17) is 4.74 Å². The molecule has 3 heterocycles. The number of anilines is 1. The normalized spacial score (nSPS) is 24.2. The van der Waals surface area contributed by atoms with E-state index in [1.54, 1.807) is 13.4 Å². The summed E-state index contributed by atoms with van der Waals surface area (Å²) >= 11 is 0. The first-order chi connectivity index (χ1) is 11.6. The quantitative estimate of drug-likeness (QED) is 0.771. The first kappa shape index (κ1) is 17.1. The molecule has 2 aliphatic heterocycles. The number of carbonyl (C=O) groups excluding carboxylic acids is 1. The minimum Gasteiger partial charge on any atom is -0.385 e. The van der Waals surface area contributed by atoms with Gasteiger partial charge in [0.05, 0.1) is 5.41 Å². The number of ether oxygens (including phenoxy) is 1. The van der Waals surface area contributed by atoms with Crippen LogP contribution in [0.2, 0.25) is 0 Å². The Morgan fingerprint density at radius 1 is 1.25 bits per heavy atom. The van der Waals surface area contributed by atoms with Gasteiger partial charge in [-0.25, -0.2) is 9.97 Å². The Kier molecular flexibility index (Phi) is 5.04. The van der Waals surface area contributed by atoms with E-state index in [9.17, 15) is 4.79 Å². The van der Waals surface area contributed by atoms with E-state index in [1.807, 2.05) is 11.8 Å². The van der Waals surface area contributed by atoms with Gasteiger partial charge in [-0.15, -0.1) is 0 Å². The highest BCUT2D eigenvalue weighted by molar-refractivity contribution is 5.85. The minimum atomic E-state index is -0.226. The first-order valence-electron chi connectivity index (χ1n) is 8.89. The summed E-state index contributed by atoms with van der Waals surface area (Å²) in [6, 6.07) is 0. The Balaban J connectivity index is 1.72. The van der Waals surface area contributed by atoms with Crippen molar-refractivity contribution in [2.75, 3.05) is 44.8 Å². The lowest BCUT2D eigenvalue weighted by molar-refractivity contribution is -0.145. The standard InChI is InChI=1S/C18H28N4O2/c1-14-15(2)19-13-20-16(14)22-10-7-18(12-22)6-4-8-21(17(18)23)9-5-11-24-3/h13H,4-12H2,1-3H3/t18-/m1/s1. The van der Waals surface area contributed by atoms with Crippen LogP contribution in [-0.2, 0) is 9.53 Å². The van der Waals surface area contributed by atoms with Gasteiger partial charge < -0.3 is 14.5 Å². The van der Waals surface area contributed by atoms with E-state index in [2.05, 4.69) is 21.8 Å². The van der Waals surface area contributed by atoms with Gasteiger partial charge in [0.25, 0.3) is 0 Å². The number of hydrogen-bond acceptors (Lipinski definition) is 5. The SMILES string of the molecule is COCCCN1CCC[C@]2(CCN(c3ncnc(C)c3C)C2)C1=O. The fourth-order valence-corrected chi connectivity index (χ4v) is 4.04. The van der Waals surface area contributed by atoms with Gasteiger partial charge in [-0.05, 0) is 39.5 Å². The fourth-order valence-electron chi connectivity index (χ4n) is 4.04. The zero-order valence-corrected chi connectivity index (χ0v) is 15.0. The van der Waals surface area contributed by atoms with Crippen molar-refractivity contribution in [3.8, 4) is 0 Å². The Bertz CT molecular complexity index is 607. The molecule has 3 rings (SSSR count). The van der Waals surface area contributed by atoms with Crippen molar-refractivity contribution < 1.29 is 9.53 Å². The van der Waals surface area contributed by atoms with E-state index in [0.717, 1.165) is 68.9 Å². The minimum absolute atomic E-state index is 0.226. The van der Waals surface area contributed by atoms with E-state index in [1.165, 1.54) is 0 Å². The molecule has 1 amide bonds. The van der Waals surface area contributed by atoms with Gasteiger partial charge in [-0.1, -0.05) is 0 Å². The maximum absolute atomic E-state index is 13.1. The van der Waals surface area contributed by atoms with Crippen LogP contribution in [0.15, 0.2) is 6.33 Å². The molecule has 0 aromatic carbocycles. The van der Waals surface area contributed by atoms with Gasteiger partial charge in [0, 0.05) is 51.2 Å². The van der Waals surface area contributed by atoms with E-state index in [-0.39, 0.29) is 5.41 Å². The number of carbonyl (C=O) groups is 1. The molecule has 2 aliphatic rings.